The van der Waals surface area contributed by atoms with Crippen LogP contribution in [0.4, 0.5) is 0 Å². The van der Waals surface area contributed by atoms with E-state index >= 15 is 0 Å². The molecular weight excluding hydrogens is 372 g/mol. The van der Waals surface area contributed by atoms with Crippen molar-refractivity contribution in [1.29, 1.82) is 0 Å². The van der Waals surface area contributed by atoms with E-state index in [1.165, 1.54) is 7.11 Å². The molecule has 1 aromatic heterocycles. The number of hydrogen-bond acceptors (Lipinski definition) is 5. The molecule has 0 fully saturated rings. The topological polar surface area (TPSA) is 95.2 Å². The third-order valence-electron chi connectivity index (χ3n) is 4.18. The van der Waals surface area contributed by atoms with E-state index in [1.807, 2.05) is 18.2 Å². The number of amides is 1. The molecular formula is C21H22N4O4. The highest BCUT2D eigenvalue weighted by Crippen LogP contribution is 2.14. The second-order valence-corrected chi connectivity index (χ2v) is 6.75. The number of ether oxygens (including phenoxy) is 1. The third-order valence-corrected chi connectivity index (χ3v) is 4.18. The summed E-state index contributed by atoms with van der Waals surface area (Å²) >= 11 is 0. The van der Waals surface area contributed by atoms with Crippen molar-refractivity contribution in [2.24, 2.45) is 0 Å². The van der Waals surface area contributed by atoms with Crippen molar-refractivity contribution < 1.29 is 9.53 Å². The molecule has 1 amide bonds. The van der Waals surface area contributed by atoms with Gasteiger partial charge in [-0.3, -0.25) is 14.2 Å². The molecule has 3 aromatic rings. The first-order chi connectivity index (χ1) is 13.9. The van der Waals surface area contributed by atoms with Gasteiger partial charge in [-0.2, -0.15) is 9.78 Å². The monoisotopic (exact) mass is 394 g/mol. The predicted octanol–water partition coefficient (Wildman–Crippen LogP) is 1.59. The van der Waals surface area contributed by atoms with Crippen LogP contribution in [-0.2, 0) is 6.54 Å². The highest BCUT2D eigenvalue weighted by Gasteiger charge is 2.21. The summed E-state index contributed by atoms with van der Waals surface area (Å²) in [4.78, 5) is 38.6. The molecule has 0 saturated carbocycles. The number of hydrogen-bond donors (Lipinski definition) is 1. The standard InChI is InChI=1S/C21H22N4O4/c1-14(2)22-19(26)18-20(27)24(13-15-8-5-4-6-9-15)21(28)25(23-18)16-10-7-11-17(12-16)29-3/h4-12,14H,13H2,1-3H3,(H,22,26). The zero-order chi connectivity index (χ0) is 21.0. The summed E-state index contributed by atoms with van der Waals surface area (Å²) in [5, 5.41) is 6.73. The number of carbonyl (C=O) groups is 1. The first-order valence-electron chi connectivity index (χ1n) is 9.14. The molecule has 0 aliphatic carbocycles. The van der Waals surface area contributed by atoms with Crippen LogP contribution in [0.3, 0.4) is 0 Å². The van der Waals surface area contributed by atoms with Crippen molar-refractivity contribution in [2.75, 3.05) is 7.11 Å². The maximum atomic E-state index is 13.1. The average molecular weight is 394 g/mol. The van der Waals surface area contributed by atoms with E-state index in [-0.39, 0.29) is 18.3 Å². The van der Waals surface area contributed by atoms with Crippen molar-refractivity contribution >= 4 is 5.91 Å². The maximum Gasteiger partial charge on any atom is 0.352 e. The molecule has 2 aromatic carbocycles. The highest BCUT2D eigenvalue weighted by atomic mass is 16.5. The Hall–Kier alpha value is -3.68. The lowest BCUT2D eigenvalue weighted by Gasteiger charge is -2.13. The summed E-state index contributed by atoms with van der Waals surface area (Å²) in [5.41, 5.74) is -0.596. The van der Waals surface area contributed by atoms with E-state index in [4.69, 9.17) is 4.74 Å². The van der Waals surface area contributed by atoms with E-state index in [2.05, 4.69) is 10.4 Å². The van der Waals surface area contributed by atoms with Crippen LogP contribution in [0.25, 0.3) is 5.69 Å². The Bertz CT molecular complexity index is 1130. The lowest BCUT2D eigenvalue weighted by Crippen LogP contribution is -2.46. The number of methoxy groups -OCH3 is 1. The Morgan fingerprint density at radius 1 is 1.10 bits per heavy atom. The van der Waals surface area contributed by atoms with Crippen LogP contribution < -0.4 is 21.3 Å². The average Bonchev–Trinajstić information content (AvgIpc) is 2.71. The van der Waals surface area contributed by atoms with Crippen LogP contribution in [0.1, 0.15) is 29.9 Å². The first-order valence-corrected chi connectivity index (χ1v) is 9.14. The summed E-state index contributed by atoms with van der Waals surface area (Å²) in [6.07, 6.45) is 0. The number of nitrogens with zero attached hydrogens (tertiary/aromatic N) is 3. The van der Waals surface area contributed by atoms with Gasteiger partial charge in [0.1, 0.15) is 5.75 Å². The summed E-state index contributed by atoms with van der Waals surface area (Å²) in [6.45, 7) is 3.57. The Labute approximate surface area is 167 Å². The van der Waals surface area contributed by atoms with Gasteiger partial charge in [-0.25, -0.2) is 4.79 Å². The van der Waals surface area contributed by atoms with Gasteiger partial charge >= 0.3 is 5.69 Å². The van der Waals surface area contributed by atoms with Gasteiger partial charge in [-0.1, -0.05) is 36.4 Å². The van der Waals surface area contributed by atoms with E-state index in [0.717, 1.165) is 14.8 Å². The normalized spacial score (nSPS) is 10.8. The highest BCUT2D eigenvalue weighted by molar-refractivity contribution is 5.91. The van der Waals surface area contributed by atoms with Crippen LogP contribution in [0.5, 0.6) is 5.75 Å². The molecule has 29 heavy (non-hydrogen) atoms. The van der Waals surface area contributed by atoms with Crippen molar-refractivity contribution in [1.82, 2.24) is 19.7 Å². The second kappa shape index (κ2) is 8.55. The SMILES string of the molecule is COc1cccc(-n2nc(C(=O)NC(C)C)c(=O)n(Cc3ccccc3)c2=O)c1. The first kappa shape index (κ1) is 20.1. The van der Waals surface area contributed by atoms with Crippen LogP contribution >= 0.6 is 0 Å². The zero-order valence-electron chi connectivity index (χ0n) is 16.5. The van der Waals surface area contributed by atoms with Crippen LogP contribution in [0, 0.1) is 0 Å². The minimum absolute atomic E-state index is 0.0208. The van der Waals surface area contributed by atoms with Crippen molar-refractivity contribution in [3.63, 3.8) is 0 Å². The Morgan fingerprint density at radius 3 is 2.48 bits per heavy atom. The van der Waals surface area contributed by atoms with Crippen LogP contribution in [-0.4, -0.2) is 33.4 Å². The smallest absolute Gasteiger partial charge is 0.352 e. The lowest BCUT2D eigenvalue weighted by atomic mass is 10.2. The Balaban J connectivity index is 2.22. The fourth-order valence-corrected chi connectivity index (χ4v) is 2.80. The third kappa shape index (κ3) is 4.43. The molecule has 150 valence electrons. The lowest BCUT2D eigenvalue weighted by molar-refractivity contribution is 0.0933. The van der Waals surface area contributed by atoms with E-state index in [9.17, 15) is 14.4 Å². The molecule has 0 saturated heterocycles. The molecule has 0 spiro atoms. The number of rotatable bonds is 6. The van der Waals surface area contributed by atoms with Gasteiger partial charge in [0.15, 0.2) is 0 Å². The fraction of sp³-hybridized carbons (Fsp3) is 0.238. The van der Waals surface area contributed by atoms with E-state index in [1.54, 1.807) is 50.2 Å². The van der Waals surface area contributed by atoms with Crippen LogP contribution in [0.2, 0.25) is 0 Å². The molecule has 0 aliphatic rings. The molecule has 0 bridgehead atoms. The van der Waals surface area contributed by atoms with E-state index < -0.39 is 17.2 Å². The number of aromatic nitrogens is 3. The van der Waals surface area contributed by atoms with Crippen molar-refractivity contribution in [3.05, 3.63) is 86.7 Å². The quantitative estimate of drug-likeness (QED) is 0.685. The Morgan fingerprint density at radius 2 is 1.83 bits per heavy atom. The molecule has 0 atom stereocenters. The van der Waals surface area contributed by atoms with E-state index in [0.29, 0.717) is 11.4 Å². The molecule has 0 unspecified atom stereocenters. The van der Waals surface area contributed by atoms with Gasteiger partial charge in [-0.15, -0.1) is 0 Å². The molecule has 0 aliphatic heterocycles. The van der Waals surface area contributed by atoms with Gasteiger partial charge in [-0.05, 0) is 31.5 Å². The minimum atomic E-state index is -0.740. The Kier molecular flexibility index (Phi) is 5.92. The molecule has 1 heterocycles. The van der Waals surface area contributed by atoms with Gasteiger partial charge in [0.05, 0.1) is 19.3 Å². The summed E-state index contributed by atoms with van der Waals surface area (Å²) < 4.78 is 7.26. The molecule has 3 rings (SSSR count). The number of carbonyl (C=O) groups excluding carboxylic acids is 1. The van der Waals surface area contributed by atoms with Gasteiger partial charge in [0.2, 0.25) is 5.69 Å². The molecule has 8 heteroatoms. The van der Waals surface area contributed by atoms with Crippen molar-refractivity contribution in [2.45, 2.75) is 26.4 Å². The van der Waals surface area contributed by atoms with Gasteiger partial charge in [0, 0.05) is 12.1 Å². The second-order valence-electron chi connectivity index (χ2n) is 6.75. The summed E-state index contributed by atoms with van der Waals surface area (Å²) in [6, 6.07) is 15.6. The number of nitrogens with one attached hydrogen (secondary N) is 1. The zero-order valence-corrected chi connectivity index (χ0v) is 16.5. The number of benzene rings is 2. The summed E-state index contributed by atoms with van der Waals surface area (Å²) in [5.74, 6) is -0.117. The largest absolute Gasteiger partial charge is 0.497 e. The van der Waals surface area contributed by atoms with Crippen molar-refractivity contribution in [3.8, 4) is 11.4 Å². The van der Waals surface area contributed by atoms with Gasteiger partial charge < -0.3 is 10.1 Å². The predicted molar refractivity (Wildman–Crippen MR) is 109 cm³/mol. The summed E-state index contributed by atoms with van der Waals surface area (Å²) in [7, 11) is 1.51. The molecule has 0 radical (unpaired) electrons. The van der Waals surface area contributed by atoms with Gasteiger partial charge in [0.25, 0.3) is 11.5 Å². The van der Waals surface area contributed by atoms with Crippen LogP contribution in [0.15, 0.2) is 64.2 Å². The fourth-order valence-electron chi connectivity index (χ4n) is 2.80. The molecule has 8 nitrogen and oxygen atoms in total. The maximum absolute atomic E-state index is 13.1. The molecule has 1 N–H and O–H groups in total. The minimum Gasteiger partial charge on any atom is -0.497 e.